The molecule has 94 valence electrons. The maximum atomic E-state index is 12.8. The molecule has 0 aliphatic heterocycles. The van der Waals surface area contributed by atoms with Gasteiger partial charge in [-0.25, -0.2) is 4.39 Å². The smallest absolute Gasteiger partial charge is 0.123 e. The van der Waals surface area contributed by atoms with Gasteiger partial charge < -0.3 is 5.32 Å². The molecule has 0 amide bonds. The van der Waals surface area contributed by atoms with E-state index in [1.54, 1.807) is 6.20 Å². The standard InChI is InChI=1S/C15H17FN2/c1-12(13-5-7-14(16)8-6-13)17-11-9-15-4-2-3-10-18-15/h2-8,10,12,17H,9,11H2,1H3/t12-/m0/s1. The van der Waals surface area contributed by atoms with Crippen LogP contribution in [0.3, 0.4) is 0 Å². The van der Waals surface area contributed by atoms with Crippen LogP contribution in [-0.2, 0) is 6.42 Å². The fraction of sp³-hybridized carbons (Fsp3) is 0.267. The molecule has 1 atom stereocenters. The molecule has 0 aliphatic carbocycles. The van der Waals surface area contributed by atoms with E-state index in [1.165, 1.54) is 12.1 Å². The topological polar surface area (TPSA) is 24.9 Å². The van der Waals surface area contributed by atoms with E-state index in [9.17, 15) is 4.39 Å². The van der Waals surface area contributed by atoms with E-state index in [4.69, 9.17) is 0 Å². The van der Waals surface area contributed by atoms with Gasteiger partial charge in [-0.3, -0.25) is 4.98 Å². The lowest BCUT2D eigenvalue weighted by Gasteiger charge is -2.13. The van der Waals surface area contributed by atoms with Gasteiger partial charge in [-0.1, -0.05) is 18.2 Å². The summed E-state index contributed by atoms with van der Waals surface area (Å²) in [5.41, 5.74) is 2.17. The SMILES string of the molecule is C[C@H](NCCc1ccccn1)c1ccc(F)cc1. The van der Waals surface area contributed by atoms with Crippen LogP contribution >= 0.6 is 0 Å². The van der Waals surface area contributed by atoms with Gasteiger partial charge in [0.1, 0.15) is 5.82 Å². The van der Waals surface area contributed by atoms with E-state index >= 15 is 0 Å². The molecular formula is C15H17FN2. The average molecular weight is 244 g/mol. The minimum Gasteiger partial charge on any atom is -0.310 e. The van der Waals surface area contributed by atoms with Gasteiger partial charge in [0.15, 0.2) is 0 Å². The largest absolute Gasteiger partial charge is 0.310 e. The van der Waals surface area contributed by atoms with E-state index in [0.29, 0.717) is 0 Å². The van der Waals surface area contributed by atoms with E-state index in [-0.39, 0.29) is 11.9 Å². The fourth-order valence-electron chi connectivity index (χ4n) is 1.83. The summed E-state index contributed by atoms with van der Waals surface area (Å²) in [4.78, 5) is 4.27. The van der Waals surface area contributed by atoms with Crippen LogP contribution in [0, 0.1) is 5.82 Å². The number of pyridine rings is 1. The molecule has 0 saturated heterocycles. The van der Waals surface area contributed by atoms with Gasteiger partial charge in [0.05, 0.1) is 0 Å². The Morgan fingerprint density at radius 3 is 2.61 bits per heavy atom. The van der Waals surface area contributed by atoms with Crippen molar-refractivity contribution in [2.45, 2.75) is 19.4 Å². The number of nitrogens with one attached hydrogen (secondary N) is 1. The highest BCUT2D eigenvalue weighted by molar-refractivity contribution is 5.19. The van der Waals surface area contributed by atoms with Crippen LogP contribution in [0.4, 0.5) is 4.39 Å². The molecule has 18 heavy (non-hydrogen) atoms. The minimum absolute atomic E-state index is 0.195. The molecule has 1 aromatic carbocycles. The molecule has 2 rings (SSSR count). The van der Waals surface area contributed by atoms with Gasteiger partial charge in [-0.15, -0.1) is 0 Å². The lowest BCUT2D eigenvalue weighted by molar-refractivity contribution is 0.570. The van der Waals surface area contributed by atoms with Crippen molar-refractivity contribution in [3.63, 3.8) is 0 Å². The first-order chi connectivity index (χ1) is 8.75. The van der Waals surface area contributed by atoms with Crippen molar-refractivity contribution < 1.29 is 4.39 Å². The Kier molecular flexibility index (Phi) is 4.42. The number of hydrogen-bond acceptors (Lipinski definition) is 2. The number of nitrogens with zero attached hydrogens (tertiary/aromatic N) is 1. The fourth-order valence-corrected chi connectivity index (χ4v) is 1.83. The second kappa shape index (κ2) is 6.26. The van der Waals surface area contributed by atoms with Crippen molar-refractivity contribution in [3.05, 3.63) is 65.7 Å². The molecule has 0 unspecified atom stereocenters. The summed E-state index contributed by atoms with van der Waals surface area (Å²) in [6, 6.07) is 12.8. The van der Waals surface area contributed by atoms with Crippen molar-refractivity contribution in [2.75, 3.05) is 6.54 Å². The van der Waals surface area contributed by atoms with Crippen molar-refractivity contribution in [1.82, 2.24) is 10.3 Å². The van der Waals surface area contributed by atoms with Crippen LogP contribution in [0.1, 0.15) is 24.2 Å². The quantitative estimate of drug-likeness (QED) is 0.874. The highest BCUT2D eigenvalue weighted by Crippen LogP contribution is 2.12. The van der Waals surface area contributed by atoms with Crippen molar-refractivity contribution in [1.29, 1.82) is 0 Å². The number of aromatic nitrogens is 1. The molecule has 0 fully saturated rings. The molecule has 1 aromatic heterocycles. The number of halogens is 1. The van der Waals surface area contributed by atoms with Gasteiger partial charge in [0.2, 0.25) is 0 Å². The number of hydrogen-bond donors (Lipinski definition) is 1. The van der Waals surface area contributed by atoms with Crippen LogP contribution in [0.5, 0.6) is 0 Å². The molecule has 3 heteroatoms. The van der Waals surface area contributed by atoms with Gasteiger partial charge >= 0.3 is 0 Å². The maximum Gasteiger partial charge on any atom is 0.123 e. The van der Waals surface area contributed by atoms with Crippen LogP contribution in [0.25, 0.3) is 0 Å². The third-order valence-corrected chi connectivity index (χ3v) is 2.93. The van der Waals surface area contributed by atoms with Gasteiger partial charge in [0.25, 0.3) is 0 Å². The summed E-state index contributed by atoms with van der Waals surface area (Å²) in [5, 5.41) is 3.40. The third kappa shape index (κ3) is 3.64. The highest BCUT2D eigenvalue weighted by Gasteiger charge is 2.04. The first kappa shape index (κ1) is 12.7. The summed E-state index contributed by atoms with van der Waals surface area (Å²) < 4.78 is 12.8. The lowest BCUT2D eigenvalue weighted by atomic mass is 10.1. The summed E-state index contributed by atoms with van der Waals surface area (Å²) in [5.74, 6) is -0.195. The van der Waals surface area contributed by atoms with Crippen molar-refractivity contribution >= 4 is 0 Å². The molecule has 0 saturated carbocycles. The van der Waals surface area contributed by atoms with E-state index in [0.717, 1.165) is 24.2 Å². The molecule has 0 aliphatic rings. The maximum absolute atomic E-state index is 12.8. The number of benzene rings is 1. The summed E-state index contributed by atoms with van der Waals surface area (Å²) in [6.45, 7) is 2.93. The Balaban J connectivity index is 1.81. The van der Waals surface area contributed by atoms with E-state index in [1.807, 2.05) is 30.3 Å². The van der Waals surface area contributed by atoms with Crippen LogP contribution in [0.15, 0.2) is 48.7 Å². The molecule has 2 aromatic rings. The Hall–Kier alpha value is -1.74. The predicted octanol–water partition coefficient (Wildman–Crippen LogP) is 3.11. The van der Waals surface area contributed by atoms with Crippen LogP contribution in [-0.4, -0.2) is 11.5 Å². The lowest BCUT2D eigenvalue weighted by Crippen LogP contribution is -2.21. The zero-order valence-electron chi connectivity index (χ0n) is 10.4. The zero-order valence-corrected chi connectivity index (χ0v) is 10.4. The van der Waals surface area contributed by atoms with Crippen molar-refractivity contribution in [2.24, 2.45) is 0 Å². The van der Waals surface area contributed by atoms with Gasteiger partial charge in [-0.2, -0.15) is 0 Å². The molecule has 1 N–H and O–H groups in total. The Labute approximate surface area is 107 Å². The Morgan fingerprint density at radius 1 is 1.17 bits per heavy atom. The molecule has 0 radical (unpaired) electrons. The Bertz CT molecular complexity index is 468. The highest BCUT2D eigenvalue weighted by atomic mass is 19.1. The minimum atomic E-state index is -0.195. The van der Waals surface area contributed by atoms with Gasteiger partial charge in [-0.05, 0) is 36.8 Å². The first-order valence-electron chi connectivity index (χ1n) is 6.14. The first-order valence-corrected chi connectivity index (χ1v) is 6.14. The predicted molar refractivity (Wildman–Crippen MR) is 70.8 cm³/mol. The number of rotatable bonds is 5. The molecule has 1 heterocycles. The monoisotopic (exact) mass is 244 g/mol. The summed E-state index contributed by atoms with van der Waals surface area (Å²) in [7, 11) is 0. The molecule has 0 bridgehead atoms. The Morgan fingerprint density at radius 2 is 1.94 bits per heavy atom. The van der Waals surface area contributed by atoms with E-state index < -0.39 is 0 Å². The third-order valence-electron chi connectivity index (χ3n) is 2.93. The average Bonchev–Trinajstić information content (AvgIpc) is 2.40. The normalized spacial score (nSPS) is 12.3. The van der Waals surface area contributed by atoms with Crippen molar-refractivity contribution in [3.8, 4) is 0 Å². The van der Waals surface area contributed by atoms with Crippen LogP contribution in [0.2, 0.25) is 0 Å². The summed E-state index contributed by atoms with van der Waals surface area (Å²) >= 11 is 0. The van der Waals surface area contributed by atoms with E-state index in [2.05, 4.69) is 17.2 Å². The molecular weight excluding hydrogens is 227 g/mol. The van der Waals surface area contributed by atoms with Crippen LogP contribution < -0.4 is 5.32 Å². The zero-order chi connectivity index (χ0) is 12.8. The van der Waals surface area contributed by atoms with Gasteiger partial charge in [0, 0.05) is 30.9 Å². The summed E-state index contributed by atoms with van der Waals surface area (Å²) in [6.07, 6.45) is 2.70. The molecule has 0 spiro atoms. The second-order valence-corrected chi connectivity index (χ2v) is 4.30. The second-order valence-electron chi connectivity index (χ2n) is 4.30. The molecule has 2 nitrogen and oxygen atoms in total.